The summed E-state index contributed by atoms with van der Waals surface area (Å²) in [4.78, 5) is 41.0. The number of anilines is 1. The molecule has 3 aliphatic heterocycles. The van der Waals surface area contributed by atoms with Gasteiger partial charge in [-0.15, -0.1) is 0 Å². The van der Waals surface area contributed by atoms with Crippen LogP contribution < -0.4 is 10.6 Å². The highest BCUT2D eigenvalue weighted by molar-refractivity contribution is 6.15. The van der Waals surface area contributed by atoms with E-state index in [0.717, 1.165) is 4.90 Å². The summed E-state index contributed by atoms with van der Waals surface area (Å²) in [7, 11) is 0. The fourth-order valence-electron chi connectivity index (χ4n) is 5.09. The maximum absolute atomic E-state index is 13.5. The van der Waals surface area contributed by atoms with Gasteiger partial charge >= 0.3 is 0 Å². The summed E-state index contributed by atoms with van der Waals surface area (Å²) in [6.45, 7) is 1.52. The number of halogens is 1. The van der Waals surface area contributed by atoms with Gasteiger partial charge in [0.15, 0.2) is 0 Å². The number of para-hydroxylation sites is 1. The van der Waals surface area contributed by atoms with Gasteiger partial charge in [0, 0.05) is 17.3 Å². The van der Waals surface area contributed by atoms with Gasteiger partial charge in [-0.3, -0.25) is 24.6 Å². The van der Waals surface area contributed by atoms with Gasteiger partial charge in [-0.25, -0.2) is 4.39 Å². The first-order valence-corrected chi connectivity index (χ1v) is 9.81. The monoisotopic (exact) mass is 409 g/mol. The zero-order chi connectivity index (χ0) is 21.2. The molecule has 2 saturated heterocycles. The van der Waals surface area contributed by atoms with Crippen LogP contribution in [0.4, 0.5) is 10.1 Å². The van der Waals surface area contributed by atoms with Crippen LogP contribution in [0.5, 0.6) is 0 Å². The molecule has 0 radical (unpaired) electrons. The van der Waals surface area contributed by atoms with Crippen LogP contribution in [0.25, 0.3) is 0 Å². The van der Waals surface area contributed by atoms with Crippen LogP contribution in [-0.2, 0) is 26.5 Å². The van der Waals surface area contributed by atoms with Gasteiger partial charge in [0.1, 0.15) is 11.4 Å². The number of benzene rings is 2. The number of aliphatic hydroxyl groups excluding tert-OH is 1. The predicted molar refractivity (Wildman–Crippen MR) is 104 cm³/mol. The van der Waals surface area contributed by atoms with E-state index in [1.807, 2.05) is 0 Å². The average molecular weight is 409 g/mol. The number of nitrogens with one attached hydrogen (secondary N) is 2. The Hall–Kier alpha value is -3.10. The van der Waals surface area contributed by atoms with Crippen LogP contribution in [-0.4, -0.2) is 39.9 Å². The molecule has 0 aromatic heterocycles. The molecule has 0 aliphatic carbocycles. The summed E-state index contributed by atoms with van der Waals surface area (Å²) in [6, 6.07) is 11.8. The molecule has 2 aromatic rings. The molecule has 30 heavy (non-hydrogen) atoms. The van der Waals surface area contributed by atoms with E-state index in [1.165, 1.54) is 31.2 Å². The maximum atomic E-state index is 13.5. The normalized spacial score (nSPS) is 30.6. The first kappa shape index (κ1) is 18.9. The molecule has 1 spiro atoms. The minimum Gasteiger partial charge on any atom is -0.392 e. The number of aliphatic hydroxyl groups is 1. The minimum absolute atomic E-state index is 0.0170. The molecular weight excluding hydrogens is 389 g/mol. The maximum Gasteiger partial charge on any atom is 0.250 e. The lowest BCUT2D eigenvalue weighted by molar-refractivity contribution is -0.143. The third kappa shape index (κ3) is 2.41. The second-order valence-corrected chi connectivity index (χ2v) is 8.11. The minimum atomic E-state index is -1.42. The van der Waals surface area contributed by atoms with Crippen molar-refractivity contribution in [2.24, 2.45) is 11.8 Å². The standard InChI is InChI=1S/C22H20FN3O4/c1-11(27)18-16-17(22(25-18)14-4-2-3-5-15(14)24-21(22)30)20(29)26(19(16)28)10-12-6-8-13(23)9-7-12/h2-9,11,16-18,25,27H,10H2,1H3,(H,24,30)/t11?,16-,17-,18?,22?/m0/s1. The lowest BCUT2D eigenvalue weighted by Crippen LogP contribution is -2.54. The highest BCUT2D eigenvalue weighted by Gasteiger charge is 2.70. The van der Waals surface area contributed by atoms with Gasteiger partial charge in [0.25, 0.3) is 0 Å². The van der Waals surface area contributed by atoms with E-state index in [0.29, 0.717) is 16.8 Å². The first-order chi connectivity index (χ1) is 14.3. The molecule has 3 N–H and O–H groups in total. The summed E-state index contributed by atoms with van der Waals surface area (Å²) < 4.78 is 13.2. The lowest BCUT2D eigenvalue weighted by atomic mass is 9.76. The zero-order valence-electron chi connectivity index (χ0n) is 16.1. The van der Waals surface area contributed by atoms with Crippen LogP contribution >= 0.6 is 0 Å². The predicted octanol–water partition coefficient (Wildman–Crippen LogP) is 1.13. The Kier molecular flexibility index (Phi) is 4.06. The number of rotatable bonds is 3. The smallest absolute Gasteiger partial charge is 0.250 e. The van der Waals surface area contributed by atoms with Crippen LogP contribution in [0, 0.1) is 17.7 Å². The molecule has 5 atom stereocenters. The summed E-state index contributed by atoms with van der Waals surface area (Å²) in [5.74, 6) is -3.60. The number of likely N-dealkylation sites (tertiary alicyclic amines) is 1. The third-order valence-corrected chi connectivity index (χ3v) is 6.42. The molecule has 2 fully saturated rings. The van der Waals surface area contributed by atoms with Crippen molar-refractivity contribution < 1.29 is 23.9 Å². The van der Waals surface area contributed by atoms with E-state index in [1.54, 1.807) is 24.3 Å². The van der Waals surface area contributed by atoms with Crippen molar-refractivity contribution in [3.8, 4) is 0 Å². The number of imide groups is 1. The molecular formula is C22H20FN3O4. The Bertz CT molecular complexity index is 1070. The van der Waals surface area contributed by atoms with Crippen molar-refractivity contribution >= 4 is 23.4 Å². The Morgan fingerprint density at radius 2 is 1.80 bits per heavy atom. The second-order valence-electron chi connectivity index (χ2n) is 8.11. The van der Waals surface area contributed by atoms with Crippen molar-refractivity contribution in [3.63, 3.8) is 0 Å². The molecule has 2 aromatic carbocycles. The number of hydrogen-bond donors (Lipinski definition) is 3. The summed E-state index contributed by atoms with van der Waals surface area (Å²) in [5, 5.41) is 16.3. The highest BCUT2D eigenvalue weighted by atomic mass is 19.1. The quantitative estimate of drug-likeness (QED) is 0.660. The van der Waals surface area contributed by atoms with Gasteiger partial charge in [0.2, 0.25) is 17.7 Å². The Morgan fingerprint density at radius 3 is 2.50 bits per heavy atom. The van der Waals surface area contributed by atoms with Crippen LogP contribution in [0.1, 0.15) is 18.1 Å². The highest BCUT2D eigenvalue weighted by Crippen LogP contribution is 2.53. The number of carbonyl (C=O) groups is 3. The third-order valence-electron chi connectivity index (χ3n) is 6.42. The molecule has 3 aliphatic rings. The van der Waals surface area contributed by atoms with Crippen molar-refractivity contribution in [3.05, 3.63) is 65.5 Å². The molecule has 7 nitrogen and oxygen atoms in total. The zero-order valence-corrected chi connectivity index (χ0v) is 16.1. The van der Waals surface area contributed by atoms with E-state index in [-0.39, 0.29) is 6.54 Å². The van der Waals surface area contributed by atoms with Crippen LogP contribution in [0.15, 0.2) is 48.5 Å². The molecule has 5 rings (SSSR count). The Morgan fingerprint density at radius 1 is 1.10 bits per heavy atom. The lowest BCUT2D eigenvalue weighted by Gasteiger charge is -2.30. The first-order valence-electron chi connectivity index (χ1n) is 9.81. The van der Waals surface area contributed by atoms with Gasteiger partial charge in [0.05, 0.1) is 24.5 Å². The van der Waals surface area contributed by atoms with E-state index >= 15 is 0 Å². The SMILES string of the molecule is CC(O)C1NC2(C(=O)Nc3ccccc32)[C@@H]2C(=O)N(Cc3ccc(F)cc3)C(=O)[C@H]12. The summed E-state index contributed by atoms with van der Waals surface area (Å²) >= 11 is 0. The van der Waals surface area contributed by atoms with Gasteiger partial charge < -0.3 is 10.4 Å². The fraction of sp³-hybridized carbons (Fsp3) is 0.318. The summed E-state index contributed by atoms with van der Waals surface area (Å²) in [5.41, 5.74) is 0.354. The molecule has 154 valence electrons. The van der Waals surface area contributed by atoms with Crippen molar-refractivity contribution in [2.45, 2.75) is 31.2 Å². The van der Waals surface area contributed by atoms with Crippen LogP contribution in [0.3, 0.4) is 0 Å². The van der Waals surface area contributed by atoms with E-state index in [9.17, 15) is 23.9 Å². The van der Waals surface area contributed by atoms with Gasteiger partial charge in [-0.05, 0) is 30.7 Å². The number of fused-ring (bicyclic) bond motifs is 4. The molecule has 3 heterocycles. The van der Waals surface area contributed by atoms with Gasteiger partial charge in [-0.1, -0.05) is 30.3 Å². The number of amides is 3. The van der Waals surface area contributed by atoms with Gasteiger partial charge in [-0.2, -0.15) is 0 Å². The average Bonchev–Trinajstić information content (AvgIpc) is 3.31. The van der Waals surface area contributed by atoms with Crippen molar-refractivity contribution in [1.29, 1.82) is 0 Å². The number of nitrogens with zero attached hydrogens (tertiary/aromatic N) is 1. The topological polar surface area (TPSA) is 98.7 Å². The van der Waals surface area contributed by atoms with Crippen LogP contribution in [0.2, 0.25) is 0 Å². The van der Waals surface area contributed by atoms with Crippen molar-refractivity contribution in [2.75, 3.05) is 5.32 Å². The van der Waals surface area contributed by atoms with E-state index < -0.39 is 53.1 Å². The molecule has 0 bridgehead atoms. The number of hydrogen-bond acceptors (Lipinski definition) is 5. The largest absolute Gasteiger partial charge is 0.392 e. The summed E-state index contributed by atoms with van der Waals surface area (Å²) in [6.07, 6.45) is -0.958. The molecule has 3 amide bonds. The Balaban J connectivity index is 1.59. The number of carbonyl (C=O) groups excluding carboxylic acids is 3. The molecule has 3 unspecified atom stereocenters. The molecule has 8 heteroatoms. The fourth-order valence-corrected chi connectivity index (χ4v) is 5.09. The second kappa shape index (κ2) is 6.45. The molecule has 0 saturated carbocycles. The van der Waals surface area contributed by atoms with E-state index in [4.69, 9.17) is 0 Å². The van der Waals surface area contributed by atoms with E-state index in [2.05, 4.69) is 10.6 Å². The van der Waals surface area contributed by atoms with Crippen molar-refractivity contribution in [1.82, 2.24) is 10.2 Å². The Labute approximate surface area is 171 Å².